The zero-order valence-electron chi connectivity index (χ0n) is 18.7. The second-order valence-corrected chi connectivity index (χ2v) is 7.08. The van der Waals surface area contributed by atoms with Crippen LogP contribution in [-0.2, 0) is 13.1 Å². The van der Waals surface area contributed by atoms with Crippen LogP contribution in [0.3, 0.4) is 0 Å². The van der Waals surface area contributed by atoms with Gasteiger partial charge in [0.1, 0.15) is 18.1 Å². The molecule has 0 aromatic heterocycles. The van der Waals surface area contributed by atoms with Crippen LogP contribution in [0.15, 0.2) is 47.5 Å². The average molecular weight is 526 g/mol. The van der Waals surface area contributed by atoms with E-state index < -0.39 is 0 Å². The van der Waals surface area contributed by atoms with Crippen LogP contribution in [0.4, 0.5) is 0 Å². The Labute approximate surface area is 198 Å². The van der Waals surface area contributed by atoms with E-state index in [0.29, 0.717) is 26.3 Å². The lowest BCUT2D eigenvalue weighted by atomic mass is 10.1. The number of guanidine groups is 1. The third-order valence-electron chi connectivity index (χ3n) is 4.41. The number of nitrogens with one attached hydrogen (secondary N) is 2. The van der Waals surface area contributed by atoms with Crippen LogP contribution in [0.5, 0.6) is 11.5 Å². The second-order valence-electron chi connectivity index (χ2n) is 7.08. The summed E-state index contributed by atoms with van der Waals surface area (Å²) >= 11 is 0. The fourth-order valence-electron chi connectivity index (χ4n) is 2.81. The highest BCUT2D eigenvalue weighted by molar-refractivity contribution is 14.0. The molecule has 0 heterocycles. The van der Waals surface area contributed by atoms with Crippen molar-refractivity contribution in [2.45, 2.75) is 26.9 Å². The van der Waals surface area contributed by atoms with Crippen molar-refractivity contribution in [3.63, 3.8) is 0 Å². The minimum Gasteiger partial charge on any atom is -0.494 e. The summed E-state index contributed by atoms with van der Waals surface area (Å²) in [5.74, 6) is 2.54. The monoisotopic (exact) mass is 526 g/mol. The van der Waals surface area contributed by atoms with E-state index in [1.54, 1.807) is 7.05 Å². The number of aryl methyl sites for hydroxylation is 1. The van der Waals surface area contributed by atoms with E-state index in [1.165, 1.54) is 5.56 Å². The summed E-state index contributed by atoms with van der Waals surface area (Å²) in [5, 5.41) is 6.73. The van der Waals surface area contributed by atoms with Crippen molar-refractivity contribution < 1.29 is 9.47 Å². The summed E-state index contributed by atoms with van der Waals surface area (Å²) in [7, 11) is 5.85. The first-order valence-electron chi connectivity index (χ1n) is 10.1. The molecule has 0 saturated heterocycles. The van der Waals surface area contributed by atoms with Gasteiger partial charge < -0.3 is 25.0 Å². The molecule has 2 aromatic carbocycles. The van der Waals surface area contributed by atoms with E-state index in [2.05, 4.69) is 51.7 Å². The molecule has 2 aromatic rings. The largest absolute Gasteiger partial charge is 0.494 e. The summed E-state index contributed by atoms with van der Waals surface area (Å²) in [6.45, 7) is 7.51. The van der Waals surface area contributed by atoms with Gasteiger partial charge in [0.25, 0.3) is 0 Å². The maximum absolute atomic E-state index is 5.94. The molecular formula is C23H35IN4O2. The molecule has 0 amide bonds. The predicted octanol–water partition coefficient (Wildman–Crippen LogP) is 3.82. The van der Waals surface area contributed by atoms with Gasteiger partial charge in [-0.15, -0.1) is 24.0 Å². The van der Waals surface area contributed by atoms with E-state index in [9.17, 15) is 0 Å². The van der Waals surface area contributed by atoms with Crippen molar-refractivity contribution >= 4 is 29.9 Å². The lowest BCUT2D eigenvalue weighted by Crippen LogP contribution is -2.36. The van der Waals surface area contributed by atoms with Gasteiger partial charge in [-0.2, -0.15) is 0 Å². The third-order valence-corrected chi connectivity index (χ3v) is 4.41. The molecule has 0 unspecified atom stereocenters. The van der Waals surface area contributed by atoms with E-state index in [-0.39, 0.29) is 24.0 Å². The molecular weight excluding hydrogens is 491 g/mol. The molecule has 30 heavy (non-hydrogen) atoms. The molecule has 0 aliphatic carbocycles. The highest BCUT2D eigenvalue weighted by Crippen LogP contribution is 2.20. The van der Waals surface area contributed by atoms with Gasteiger partial charge in [-0.05, 0) is 45.6 Å². The molecule has 0 fully saturated rings. The van der Waals surface area contributed by atoms with Crippen LogP contribution < -0.4 is 20.1 Å². The summed E-state index contributed by atoms with van der Waals surface area (Å²) in [6, 6.07) is 14.3. The normalized spacial score (nSPS) is 11.1. The average Bonchev–Trinajstić information content (AvgIpc) is 2.70. The number of hydrogen-bond acceptors (Lipinski definition) is 4. The second kappa shape index (κ2) is 14.1. The predicted molar refractivity (Wildman–Crippen MR) is 135 cm³/mol. The minimum absolute atomic E-state index is 0. The van der Waals surface area contributed by atoms with Gasteiger partial charge in [0.05, 0.1) is 6.61 Å². The highest BCUT2D eigenvalue weighted by atomic mass is 127. The summed E-state index contributed by atoms with van der Waals surface area (Å²) in [5.41, 5.74) is 3.39. The summed E-state index contributed by atoms with van der Waals surface area (Å²) < 4.78 is 11.7. The molecule has 0 saturated carbocycles. The lowest BCUT2D eigenvalue weighted by Gasteiger charge is -2.17. The van der Waals surface area contributed by atoms with Crippen LogP contribution in [0, 0.1) is 6.92 Å². The van der Waals surface area contributed by atoms with Gasteiger partial charge in [0, 0.05) is 37.8 Å². The van der Waals surface area contributed by atoms with E-state index >= 15 is 0 Å². The van der Waals surface area contributed by atoms with Crippen LogP contribution in [0.2, 0.25) is 0 Å². The van der Waals surface area contributed by atoms with Crippen molar-refractivity contribution in [1.82, 2.24) is 15.5 Å². The molecule has 0 aliphatic rings. The van der Waals surface area contributed by atoms with Gasteiger partial charge >= 0.3 is 0 Å². The topological polar surface area (TPSA) is 58.1 Å². The number of likely N-dealkylation sites (N-methyl/N-ethyl adjacent to an activating group) is 1. The number of hydrogen-bond donors (Lipinski definition) is 2. The van der Waals surface area contributed by atoms with Gasteiger partial charge in [0.2, 0.25) is 0 Å². The number of para-hydroxylation sites is 1. The van der Waals surface area contributed by atoms with Crippen molar-refractivity contribution in [3.05, 3.63) is 59.2 Å². The summed E-state index contributed by atoms with van der Waals surface area (Å²) in [4.78, 5) is 6.44. The molecule has 7 heteroatoms. The number of ether oxygens (including phenoxy) is 2. The maximum Gasteiger partial charge on any atom is 0.191 e. The van der Waals surface area contributed by atoms with E-state index in [1.807, 2.05) is 39.2 Å². The lowest BCUT2D eigenvalue weighted by molar-refractivity contribution is 0.259. The number of nitrogens with zero attached hydrogens (tertiary/aromatic N) is 2. The Balaban J connectivity index is 0.00000450. The zero-order chi connectivity index (χ0) is 21.1. The molecule has 0 spiro atoms. The fraction of sp³-hybridized carbons (Fsp3) is 0.435. The SMILES string of the molecule is CCOc1cc(C)ccc1CNC(=NC)NCc1ccccc1OCCN(C)C.I. The zero-order valence-corrected chi connectivity index (χ0v) is 21.0. The van der Waals surface area contributed by atoms with Crippen molar-refractivity contribution in [1.29, 1.82) is 0 Å². The van der Waals surface area contributed by atoms with Gasteiger partial charge in [0.15, 0.2) is 5.96 Å². The molecule has 0 atom stereocenters. The van der Waals surface area contributed by atoms with Crippen LogP contribution in [-0.4, -0.2) is 51.8 Å². The number of aliphatic imine (C=N–C) groups is 1. The smallest absolute Gasteiger partial charge is 0.191 e. The van der Waals surface area contributed by atoms with E-state index in [4.69, 9.17) is 9.47 Å². The molecule has 2 rings (SSSR count). The molecule has 6 nitrogen and oxygen atoms in total. The number of halogens is 1. The minimum atomic E-state index is 0. The number of benzene rings is 2. The maximum atomic E-state index is 5.94. The Morgan fingerprint density at radius 3 is 2.27 bits per heavy atom. The van der Waals surface area contributed by atoms with E-state index in [0.717, 1.165) is 35.1 Å². The Bertz CT molecular complexity index is 797. The Morgan fingerprint density at radius 1 is 0.967 bits per heavy atom. The van der Waals surface area contributed by atoms with Crippen molar-refractivity contribution in [3.8, 4) is 11.5 Å². The fourth-order valence-corrected chi connectivity index (χ4v) is 2.81. The van der Waals surface area contributed by atoms with Gasteiger partial charge in [-0.3, -0.25) is 4.99 Å². The Hall–Kier alpha value is -2.00. The van der Waals surface area contributed by atoms with Crippen molar-refractivity contribution in [2.24, 2.45) is 4.99 Å². The first-order chi connectivity index (χ1) is 14.0. The van der Waals surface area contributed by atoms with Crippen molar-refractivity contribution in [2.75, 3.05) is 40.9 Å². The first kappa shape index (κ1) is 26.0. The van der Waals surface area contributed by atoms with Crippen LogP contribution in [0.1, 0.15) is 23.6 Å². The Kier molecular flexibility index (Phi) is 12.2. The van der Waals surface area contributed by atoms with Crippen LogP contribution >= 0.6 is 24.0 Å². The molecule has 0 bridgehead atoms. The standard InChI is InChI=1S/C23H34N4O2.HI/c1-6-28-22-15-18(2)11-12-20(22)17-26-23(24-3)25-16-19-9-7-8-10-21(19)29-14-13-27(4)5;/h7-12,15H,6,13-14,16-17H2,1-5H3,(H2,24,25,26);1H. The quantitative estimate of drug-likeness (QED) is 0.280. The molecule has 166 valence electrons. The molecule has 2 N–H and O–H groups in total. The number of rotatable bonds is 10. The van der Waals surface area contributed by atoms with Gasteiger partial charge in [-0.1, -0.05) is 30.3 Å². The highest BCUT2D eigenvalue weighted by Gasteiger charge is 2.07. The first-order valence-corrected chi connectivity index (χ1v) is 10.1. The summed E-state index contributed by atoms with van der Waals surface area (Å²) in [6.07, 6.45) is 0. The molecule has 0 radical (unpaired) electrons. The molecule has 0 aliphatic heterocycles. The Morgan fingerprint density at radius 2 is 1.63 bits per heavy atom. The van der Waals surface area contributed by atoms with Crippen LogP contribution in [0.25, 0.3) is 0 Å². The third kappa shape index (κ3) is 8.79. The van der Waals surface area contributed by atoms with Gasteiger partial charge in [-0.25, -0.2) is 0 Å².